The van der Waals surface area contributed by atoms with Crippen molar-refractivity contribution in [3.05, 3.63) is 77.8 Å². The summed E-state index contributed by atoms with van der Waals surface area (Å²) < 4.78 is 10.1. The summed E-state index contributed by atoms with van der Waals surface area (Å²) in [5.74, 6) is 2.10. The SMILES string of the molecule is COc1ccc(Nc2cc(C)nc(Nc3ccc(NC(=O)c4cnoc4C)cc3)n2)cc1. The van der Waals surface area contributed by atoms with Crippen molar-refractivity contribution in [1.29, 1.82) is 0 Å². The second kappa shape index (κ2) is 9.17. The van der Waals surface area contributed by atoms with E-state index in [1.54, 1.807) is 26.2 Å². The van der Waals surface area contributed by atoms with Crippen molar-refractivity contribution in [3.63, 3.8) is 0 Å². The Balaban J connectivity index is 1.43. The fourth-order valence-corrected chi connectivity index (χ4v) is 2.99. The predicted molar refractivity (Wildman–Crippen MR) is 122 cm³/mol. The summed E-state index contributed by atoms with van der Waals surface area (Å²) in [7, 11) is 1.63. The third-order valence-electron chi connectivity index (χ3n) is 4.61. The van der Waals surface area contributed by atoms with Crippen LogP contribution in [0.2, 0.25) is 0 Å². The molecule has 9 heteroatoms. The normalized spacial score (nSPS) is 10.5. The van der Waals surface area contributed by atoms with Gasteiger partial charge in [-0.25, -0.2) is 4.98 Å². The minimum Gasteiger partial charge on any atom is -0.497 e. The number of aromatic nitrogens is 3. The average Bonchev–Trinajstić information content (AvgIpc) is 3.21. The molecular weight excluding hydrogens is 408 g/mol. The Kier molecular flexibility index (Phi) is 5.98. The van der Waals surface area contributed by atoms with Gasteiger partial charge < -0.3 is 25.2 Å². The van der Waals surface area contributed by atoms with Crippen LogP contribution >= 0.6 is 0 Å². The van der Waals surface area contributed by atoms with Crippen molar-refractivity contribution in [1.82, 2.24) is 15.1 Å². The predicted octanol–water partition coefficient (Wildman–Crippen LogP) is 4.83. The van der Waals surface area contributed by atoms with E-state index in [1.807, 2.05) is 49.4 Å². The third-order valence-corrected chi connectivity index (χ3v) is 4.61. The van der Waals surface area contributed by atoms with E-state index in [0.29, 0.717) is 28.8 Å². The molecule has 0 atom stereocenters. The number of nitrogens with one attached hydrogen (secondary N) is 3. The summed E-state index contributed by atoms with van der Waals surface area (Å²) in [5.41, 5.74) is 3.53. The quantitative estimate of drug-likeness (QED) is 0.382. The molecule has 0 radical (unpaired) electrons. The Morgan fingerprint density at radius 3 is 2.22 bits per heavy atom. The van der Waals surface area contributed by atoms with E-state index in [1.165, 1.54) is 6.20 Å². The topological polar surface area (TPSA) is 114 Å². The number of rotatable bonds is 7. The molecule has 3 N–H and O–H groups in total. The van der Waals surface area contributed by atoms with Gasteiger partial charge in [0.05, 0.1) is 13.3 Å². The van der Waals surface area contributed by atoms with Gasteiger partial charge in [0.15, 0.2) is 0 Å². The summed E-state index contributed by atoms with van der Waals surface area (Å²) >= 11 is 0. The molecule has 0 aliphatic heterocycles. The van der Waals surface area contributed by atoms with Crippen LogP contribution in [-0.4, -0.2) is 28.1 Å². The highest BCUT2D eigenvalue weighted by atomic mass is 16.5. The van der Waals surface area contributed by atoms with Crippen molar-refractivity contribution in [2.24, 2.45) is 0 Å². The second-order valence-corrected chi connectivity index (χ2v) is 7.02. The molecule has 4 rings (SSSR count). The first-order chi connectivity index (χ1) is 15.5. The Morgan fingerprint density at radius 1 is 0.906 bits per heavy atom. The van der Waals surface area contributed by atoms with E-state index in [0.717, 1.165) is 22.8 Å². The van der Waals surface area contributed by atoms with E-state index in [-0.39, 0.29) is 5.91 Å². The van der Waals surface area contributed by atoms with Crippen LogP contribution in [0.25, 0.3) is 0 Å². The first-order valence-electron chi connectivity index (χ1n) is 9.86. The number of benzene rings is 2. The molecule has 2 heterocycles. The zero-order valence-corrected chi connectivity index (χ0v) is 17.8. The van der Waals surface area contributed by atoms with Crippen LogP contribution in [0.3, 0.4) is 0 Å². The molecule has 2 aromatic carbocycles. The van der Waals surface area contributed by atoms with Gasteiger partial charge >= 0.3 is 0 Å². The van der Waals surface area contributed by atoms with E-state index < -0.39 is 0 Å². The number of nitrogens with zero attached hydrogens (tertiary/aromatic N) is 3. The smallest absolute Gasteiger partial charge is 0.260 e. The molecule has 0 bridgehead atoms. The van der Waals surface area contributed by atoms with Crippen LogP contribution < -0.4 is 20.7 Å². The molecule has 0 aliphatic rings. The molecule has 0 saturated carbocycles. The Labute approximate surface area is 184 Å². The summed E-state index contributed by atoms with van der Waals surface area (Å²) in [6.07, 6.45) is 1.40. The van der Waals surface area contributed by atoms with Gasteiger partial charge in [0.2, 0.25) is 5.95 Å². The Bertz CT molecular complexity index is 1220. The van der Waals surface area contributed by atoms with Gasteiger partial charge in [-0.15, -0.1) is 0 Å². The standard InChI is InChI=1S/C23H22N6O3/c1-14-12-21(26-16-8-10-19(31-3)11-9-16)29-23(25-14)28-18-6-4-17(5-7-18)27-22(30)20-13-24-32-15(20)2/h4-13H,1-3H3,(H,27,30)(H2,25,26,28,29). The van der Waals surface area contributed by atoms with E-state index in [4.69, 9.17) is 9.26 Å². The van der Waals surface area contributed by atoms with Gasteiger partial charge in [-0.3, -0.25) is 4.79 Å². The Hall–Kier alpha value is -4.40. The van der Waals surface area contributed by atoms with Crippen LogP contribution in [0.15, 0.2) is 65.3 Å². The highest BCUT2D eigenvalue weighted by Crippen LogP contribution is 2.22. The number of anilines is 5. The maximum Gasteiger partial charge on any atom is 0.260 e. The van der Waals surface area contributed by atoms with E-state index in [9.17, 15) is 4.79 Å². The van der Waals surface area contributed by atoms with Crippen molar-refractivity contribution in [2.75, 3.05) is 23.1 Å². The van der Waals surface area contributed by atoms with Crippen LogP contribution in [0.5, 0.6) is 5.75 Å². The Morgan fingerprint density at radius 2 is 1.56 bits per heavy atom. The molecule has 1 amide bonds. The molecule has 0 saturated heterocycles. The number of hydrogen-bond donors (Lipinski definition) is 3. The molecule has 0 spiro atoms. The van der Waals surface area contributed by atoms with Crippen LogP contribution in [0.4, 0.5) is 28.8 Å². The minimum atomic E-state index is -0.277. The number of carbonyl (C=O) groups is 1. The molecule has 32 heavy (non-hydrogen) atoms. The summed E-state index contributed by atoms with van der Waals surface area (Å²) in [6, 6.07) is 16.7. The minimum absolute atomic E-state index is 0.277. The number of ether oxygens (including phenoxy) is 1. The fourth-order valence-electron chi connectivity index (χ4n) is 2.99. The maximum atomic E-state index is 12.3. The number of amides is 1. The molecular formula is C23H22N6O3. The highest BCUT2D eigenvalue weighted by Gasteiger charge is 2.13. The molecule has 162 valence electrons. The highest BCUT2D eigenvalue weighted by molar-refractivity contribution is 6.04. The zero-order valence-electron chi connectivity index (χ0n) is 17.8. The van der Waals surface area contributed by atoms with Crippen LogP contribution in [-0.2, 0) is 0 Å². The van der Waals surface area contributed by atoms with Gasteiger partial charge in [0.25, 0.3) is 5.91 Å². The van der Waals surface area contributed by atoms with Crippen molar-refractivity contribution in [3.8, 4) is 5.75 Å². The summed E-state index contributed by atoms with van der Waals surface area (Å²) in [6.45, 7) is 3.59. The number of hydrogen-bond acceptors (Lipinski definition) is 8. The zero-order chi connectivity index (χ0) is 22.5. The van der Waals surface area contributed by atoms with Gasteiger partial charge in [0.1, 0.15) is 22.9 Å². The second-order valence-electron chi connectivity index (χ2n) is 7.02. The lowest BCUT2D eigenvalue weighted by molar-refractivity contribution is 0.102. The summed E-state index contributed by atoms with van der Waals surface area (Å²) in [4.78, 5) is 21.2. The first-order valence-corrected chi connectivity index (χ1v) is 9.86. The molecule has 0 unspecified atom stereocenters. The largest absolute Gasteiger partial charge is 0.497 e. The molecule has 0 aliphatic carbocycles. The molecule has 0 fully saturated rings. The molecule has 9 nitrogen and oxygen atoms in total. The van der Waals surface area contributed by atoms with E-state index >= 15 is 0 Å². The lowest BCUT2D eigenvalue weighted by Gasteiger charge is -2.11. The average molecular weight is 430 g/mol. The lowest BCUT2D eigenvalue weighted by atomic mass is 10.2. The first kappa shape index (κ1) is 20.9. The van der Waals surface area contributed by atoms with E-state index in [2.05, 4.69) is 31.1 Å². The van der Waals surface area contributed by atoms with Gasteiger partial charge in [0, 0.05) is 28.8 Å². The lowest BCUT2D eigenvalue weighted by Crippen LogP contribution is -2.12. The number of carbonyl (C=O) groups excluding carboxylic acids is 1. The maximum absolute atomic E-state index is 12.3. The van der Waals surface area contributed by atoms with Gasteiger partial charge in [-0.1, -0.05) is 5.16 Å². The fraction of sp³-hybridized carbons (Fsp3) is 0.130. The molecule has 4 aromatic rings. The van der Waals surface area contributed by atoms with Gasteiger partial charge in [-0.2, -0.15) is 4.98 Å². The number of aryl methyl sites for hydroxylation is 2. The van der Waals surface area contributed by atoms with Crippen LogP contribution in [0.1, 0.15) is 21.8 Å². The van der Waals surface area contributed by atoms with Crippen molar-refractivity contribution in [2.45, 2.75) is 13.8 Å². The monoisotopic (exact) mass is 430 g/mol. The van der Waals surface area contributed by atoms with Gasteiger partial charge in [-0.05, 0) is 62.4 Å². The number of methoxy groups -OCH3 is 1. The summed E-state index contributed by atoms with van der Waals surface area (Å²) in [5, 5.41) is 12.9. The van der Waals surface area contributed by atoms with Crippen LogP contribution in [0, 0.1) is 13.8 Å². The third kappa shape index (κ3) is 5.01. The van der Waals surface area contributed by atoms with Crippen molar-refractivity contribution < 1.29 is 14.1 Å². The molecule has 2 aromatic heterocycles. The van der Waals surface area contributed by atoms with Crippen molar-refractivity contribution >= 4 is 34.7 Å².